The molecule has 19 heavy (non-hydrogen) atoms. The molecule has 1 aromatic heterocycles. The second-order valence-corrected chi connectivity index (χ2v) is 5.34. The van der Waals surface area contributed by atoms with Crippen LogP contribution in [0.5, 0.6) is 0 Å². The van der Waals surface area contributed by atoms with Crippen LogP contribution in [-0.4, -0.2) is 40.3 Å². The summed E-state index contributed by atoms with van der Waals surface area (Å²) in [6, 6.07) is 0. The molecule has 1 aliphatic rings. The molecule has 5 heteroatoms. The lowest BCUT2D eigenvalue weighted by Crippen LogP contribution is -2.32. The van der Waals surface area contributed by atoms with E-state index >= 15 is 0 Å². The predicted molar refractivity (Wildman–Crippen MR) is 72.5 cm³/mol. The highest BCUT2D eigenvalue weighted by molar-refractivity contribution is 5.77. The molecule has 1 aliphatic carbocycles. The van der Waals surface area contributed by atoms with Crippen LogP contribution in [0.2, 0.25) is 0 Å². The number of rotatable bonds is 5. The molecule has 5 nitrogen and oxygen atoms in total. The van der Waals surface area contributed by atoms with Crippen LogP contribution in [0.15, 0.2) is 12.4 Å². The van der Waals surface area contributed by atoms with E-state index in [0.29, 0.717) is 6.54 Å². The van der Waals surface area contributed by atoms with Crippen molar-refractivity contribution < 1.29 is 9.53 Å². The van der Waals surface area contributed by atoms with E-state index in [4.69, 9.17) is 4.74 Å². The van der Waals surface area contributed by atoms with E-state index in [1.807, 2.05) is 13.2 Å². The first-order chi connectivity index (χ1) is 9.15. The third-order valence-electron chi connectivity index (χ3n) is 3.60. The molecule has 0 aromatic carbocycles. The second kappa shape index (κ2) is 6.70. The smallest absolute Gasteiger partial charge is 0.248 e. The van der Waals surface area contributed by atoms with Crippen molar-refractivity contribution in [1.82, 2.24) is 14.7 Å². The summed E-state index contributed by atoms with van der Waals surface area (Å²) in [5.41, 5.74) is 1.04. The fourth-order valence-corrected chi connectivity index (χ4v) is 2.45. The fourth-order valence-electron chi connectivity index (χ4n) is 2.45. The van der Waals surface area contributed by atoms with E-state index in [2.05, 4.69) is 5.10 Å². The number of carbonyl (C=O) groups is 1. The van der Waals surface area contributed by atoms with E-state index in [1.165, 1.54) is 19.3 Å². The van der Waals surface area contributed by atoms with Gasteiger partial charge >= 0.3 is 0 Å². The number of carbonyl (C=O) groups excluding carboxylic acids is 1. The Hall–Kier alpha value is -1.36. The molecular formula is C14H23N3O2. The minimum absolute atomic E-state index is 0.0365. The lowest BCUT2D eigenvalue weighted by Gasteiger charge is -2.23. The van der Waals surface area contributed by atoms with Crippen molar-refractivity contribution >= 4 is 5.91 Å². The van der Waals surface area contributed by atoms with Crippen molar-refractivity contribution in [3.8, 4) is 0 Å². The van der Waals surface area contributed by atoms with Crippen LogP contribution < -0.4 is 0 Å². The Morgan fingerprint density at radius 1 is 1.47 bits per heavy atom. The van der Waals surface area contributed by atoms with Gasteiger partial charge in [-0.15, -0.1) is 0 Å². The first-order valence-electron chi connectivity index (χ1n) is 6.98. The highest BCUT2D eigenvalue weighted by Gasteiger charge is 2.17. The molecule has 0 unspecified atom stereocenters. The number of nitrogens with zero attached hydrogens (tertiary/aromatic N) is 3. The second-order valence-electron chi connectivity index (χ2n) is 5.34. The third kappa shape index (κ3) is 4.35. The first-order valence-corrected chi connectivity index (χ1v) is 6.98. The summed E-state index contributed by atoms with van der Waals surface area (Å²) >= 11 is 0. The summed E-state index contributed by atoms with van der Waals surface area (Å²) in [7, 11) is 3.68. The Bertz CT molecular complexity index is 411. The zero-order chi connectivity index (χ0) is 13.7. The average Bonchev–Trinajstić information content (AvgIpc) is 2.82. The molecular weight excluding hydrogens is 242 g/mol. The number of likely N-dealkylation sites (N-methyl/N-ethyl adjacent to an activating group) is 1. The summed E-state index contributed by atoms with van der Waals surface area (Å²) in [6.45, 7) is 0.780. The largest absolute Gasteiger partial charge is 0.368 e. The molecule has 0 spiro atoms. The fraction of sp³-hybridized carbons (Fsp3) is 0.714. The molecule has 1 saturated carbocycles. The molecule has 0 radical (unpaired) electrons. The topological polar surface area (TPSA) is 47.4 Å². The van der Waals surface area contributed by atoms with Crippen LogP contribution >= 0.6 is 0 Å². The number of ether oxygens (including phenoxy) is 1. The maximum absolute atomic E-state index is 12.0. The Morgan fingerprint density at radius 2 is 2.21 bits per heavy atom. The van der Waals surface area contributed by atoms with Crippen molar-refractivity contribution in [3.63, 3.8) is 0 Å². The monoisotopic (exact) mass is 265 g/mol. The minimum atomic E-state index is 0.0365. The summed E-state index contributed by atoms with van der Waals surface area (Å²) < 4.78 is 7.44. The molecule has 2 rings (SSSR count). The van der Waals surface area contributed by atoms with Gasteiger partial charge in [-0.3, -0.25) is 9.48 Å². The normalized spacial score (nSPS) is 16.5. The summed E-state index contributed by atoms with van der Waals surface area (Å²) in [6.07, 6.45) is 9.93. The van der Waals surface area contributed by atoms with Crippen molar-refractivity contribution in [2.75, 3.05) is 13.7 Å². The molecule has 1 fully saturated rings. The molecule has 106 valence electrons. The predicted octanol–water partition coefficient (Wildman–Crippen LogP) is 1.73. The first kappa shape index (κ1) is 14.1. The average molecular weight is 265 g/mol. The Morgan fingerprint density at radius 3 is 2.84 bits per heavy atom. The number of aryl methyl sites for hydroxylation is 1. The van der Waals surface area contributed by atoms with Gasteiger partial charge in [0.1, 0.15) is 6.61 Å². The van der Waals surface area contributed by atoms with Crippen LogP contribution in [0.3, 0.4) is 0 Å². The van der Waals surface area contributed by atoms with Crippen LogP contribution in [0, 0.1) is 0 Å². The zero-order valence-corrected chi connectivity index (χ0v) is 11.8. The molecule has 0 atom stereocenters. The zero-order valence-electron chi connectivity index (χ0n) is 11.8. The van der Waals surface area contributed by atoms with E-state index in [9.17, 15) is 4.79 Å². The Labute approximate surface area is 114 Å². The lowest BCUT2D eigenvalue weighted by molar-refractivity contribution is -0.138. The Balaban J connectivity index is 1.72. The van der Waals surface area contributed by atoms with Gasteiger partial charge in [-0.2, -0.15) is 5.10 Å². The quantitative estimate of drug-likeness (QED) is 0.814. The van der Waals surface area contributed by atoms with Crippen LogP contribution in [-0.2, 0) is 23.1 Å². The summed E-state index contributed by atoms with van der Waals surface area (Å²) in [5.74, 6) is 0.0365. The number of amides is 1. The molecule has 0 saturated heterocycles. The van der Waals surface area contributed by atoms with Gasteiger partial charge in [-0.25, -0.2) is 0 Å². The highest BCUT2D eigenvalue weighted by atomic mass is 16.5. The molecule has 1 heterocycles. The van der Waals surface area contributed by atoms with Crippen molar-refractivity contribution in [2.45, 2.75) is 44.8 Å². The van der Waals surface area contributed by atoms with Crippen molar-refractivity contribution in [2.24, 2.45) is 7.05 Å². The van der Waals surface area contributed by atoms with Gasteiger partial charge in [0.2, 0.25) is 5.91 Å². The van der Waals surface area contributed by atoms with E-state index < -0.39 is 0 Å². The van der Waals surface area contributed by atoms with E-state index in [0.717, 1.165) is 18.4 Å². The van der Waals surface area contributed by atoms with Crippen molar-refractivity contribution in [1.29, 1.82) is 0 Å². The van der Waals surface area contributed by atoms with Crippen LogP contribution in [0.25, 0.3) is 0 Å². The summed E-state index contributed by atoms with van der Waals surface area (Å²) in [4.78, 5) is 13.7. The molecule has 1 amide bonds. The van der Waals surface area contributed by atoms with Gasteiger partial charge < -0.3 is 9.64 Å². The van der Waals surface area contributed by atoms with Gasteiger partial charge in [-0.05, 0) is 12.8 Å². The SMILES string of the molecule is CN(Cc1cnn(C)c1)C(=O)COC1CCCCC1. The maximum atomic E-state index is 12.0. The minimum Gasteiger partial charge on any atom is -0.368 e. The number of aromatic nitrogens is 2. The van der Waals surface area contributed by atoms with Crippen LogP contribution in [0.4, 0.5) is 0 Å². The Kier molecular flexibility index (Phi) is 4.96. The molecule has 0 bridgehead atoms. The van der Waals surface area contributed by atoms with Gasteiger partial charge in [0.15, 0.2) is 0 Å². The van der Waals surface area contributed by atoms with Gasteiger partial charge in [0, 0.05) is 32.4 Å². The number of hydrogen-bond acceptors (Lipinski definition) is 3. The van der Waals surface area contributed by atoms with Gasteiger partial charge in [0.25, 0.3) is 0 Å². The lowest BCUT2D eigenvalue weighted by atomic mass is 9.98. The van der Waals surface area contributed by atoms with Gasteiger partial charge in [-0.1, -0.05) is 19.3 Å². The standard InChI is InChI=1S/C14H23N3O2/c1-16(9-12-8-15-17(2)10-12)14(18)11-19-13-6-4-3-5-7-13/h8,10,13H,3-7,9,11H2,1-2H3. The van der Waals surface area contributed by atoms with E-state index in [-0.39, 0.29) is 18.6 Å². The molecule has 1 aromatic rings. The van der Waals surface area contributed by atoms with Gasteiger partial charge in [0.05, 0.1) is 12.3 Å². The van der Waals surface area contributed by atoms with Crippen molar-refractivity contribution in [3.05, 3.63) is 18.0 Å². The number of hydrogen-bond donors (Lipinski definition) is 0. The summed E-state index contributed by atoms with van der Waals surface area (Å²) in [5, 5.41) is 4.10. The molecule has 0 N–H and O–H groups in total. The van der Waals surface area contributed by atoms with E-state index in [1.54, 1.807) is 22.8 Å². The third-order valence-corrected chi connectivity index (χ3v) is 3.60. The maximum Gasteiger partial charge on any atom is 0.248 e. The molecule has 0 aliphatic heterocycles. The highest BCUT2D eigenvalue weighted by Crippen LogP contribution is 2.20. The van der Waals surface area contributed by atoms with Crippen LogP contribution in [0.1, 0.15) is 37.7 Å².